The van der Waals surface area contributed by atoms with Crippen molar-refractivity contribution in [2.24, 2.45) is 0 Å². The molecule has 2 N–H and O–H groups in total. The largest absolute Gasteiger partial charge is 0.392 e. The third-order valence-electron chi connectivity index (χ3n) is 1.84. The minimum atomic E-state index is -0.397. The van der Waals surface area contributed by atoms with E-state index in [1.807, 2.05) is 0 Å². The van der Waals surface area contributed by atoms with E-state index < -0.39 is 5.56 Å². The second-order valence-corrected chi connectivity index (χ2v) is 3.22. The summed E-state index contributed by atoms with van der Waals surface area (Å²) in [6.45, 7) is 0.229. The number of hydrogen-bond acceptors (Lipinski definition) is 5. The van der Waals surface area contributed by atoms with Crippen LogP contribution in [0.15, 0.2) is 27.9 Å². The smallest absolute Gasteiger partial charge is 0.278 e. The summed E-state index contributed by atoms with van der Waals surface area (Å²) in [5, 5.41) is 3.53. The highest BCUT2D eigenvalue weighted by Crippen LogP contribution is 2.08. The van der Waals surface area contributed by atoms with Crippen LogP contribution in [0, 0.1) is 0 Å². The van der Waals surface area contributed by atoms with Crippen molar-refractivity contribution in [1.82, 2.24) is 14.7 Å². The van der Waals surface area contributed by atoms with Crippen molar-refractivity contribution in [3.8, 4) is 0 Å². The SMILES string of the molecule is Nc1c(Cl)ncn(Cc2ccno2)c1=O. The Morgan fingerprint density at radius 3 is 3.07 bits per heavy atom. The Labute approximate surface area is 89.3 Å². The van der Waals surface area contributed by atoms with Gasteiger partial charge in [-0.2, -0.15) is 0 Å². The molecule has 2 rings (SSSR count). The third kappa shape index (κ3) is 1.84. The van der Waals surface area contributed by atoms with E-state index in [0.29, 0.717) is 5.76 Å². The van der Waals surface area contributed by atoms with Crippen LogP contribution in [0.4, 0.5) is 5.69 Å². The molecule has 0 fully saturated rings. The second kappa shape index (κ2) is 3.74. The van der Waals surface area contributed by atoms with Crippen molar-refractivity contribution in [2.75, 3.05) is 5.73 Å². The van der Waals surface area contributed by atoms with Crippen LogP contribution in [0.5, 0.6) is 0 Å². The first-order chi connectivity index (χ1) is 7.18. The van der Waals surface area contributed by atoms with Crippen LogP contribution >= 0.6 is 11.6 Å². The highest BCUT2D eigenvalue weighted by molar-refractivity contribution is 6.31. The van der Waals surface area contributed by atoms with E-state index in [0.717, 1.165) is 0 Å². The van der Waals surface area contributed by atoms with E-state index in [9.17, 15) is 4.79 Å². The third-order valence-corrected chi connectivity index (χ3v) is 2.14. The Balaban J connectivity index is 2.38. The molecule has 0 aliphatic carbocycles. The molecular weight excluding hydrogens is 220 g/mol. The fourth-order valence-electron chi connectivity index (χ4n) is 1.09. The molecule has 0 atom stereocenters. The van der Waals surface area contributed by atoms with Crippen LogP contribution in [0.25, 0.3) is 0 Å². The Morgan fingerprint density at radius 1 is 1.60 bits per heavy atom. The summed E-state index contributed by atoms with van der Waals surface area (Å²) in [6, 6.07) is 1.65. The van der Waals surface area contributed by atoms with E-state index in [1.54, 1.807) is 6.07 Å². The Hall–Kier alpha value is -1.82. The zero-order chi connectivity index (χ0) is 10.8. The average molecular weight is 227 g/mol. The minimum Gasteiger partial charge on any atom is -0.392 e. The van der Waals surface area contributed by atoms with E-state index >= 15 is 0 Å². The molecule has 2 aromatic heterocycles. The molecule has 0 aliphatic rings. The zero-order valence-corrected chi connectivity index (χ0v) is 8.31. The molecule has 6 nitrogen and oxygen atoms in total. The van der Waals surface area contributed by atoms with Gasteiger partial charge >= 0.3 is 0 Å². The Bertz CT molecular complexity index is 520. The predicted molar refractivity (Wildman–Crippen MR) is 53.5 cm³/mol. The first kappa shape index (κ1) is 9.72. The molecular formula is C8H7ClN4O2. The maximum absolute atomic E-state index is 11.6. The van der Waals surface area contributed by atoms with Gasteiger partial charge in [-0.05, 0) is 0 Å². The molecule has 0 aromatic carbocycles. The van der Waals surface area contributed by atoms with Gasteiger partial charge in [0.1, 0.15) is 5.69 Å². The summed E-state index contributed by atoms with van der Waals surface area (Å²) < 4.78 is 6.14. The van der Waals surface area contributed by atoms with Gasteiger partial charge in [-0.25, -0.2) is 4.98 Å². The van der Waals surface area contributed by atoms with Crippen LogP contribution < -0.4 is 11.3 Å². The molecule has 0 amide bonds. The lowest BCUT2D eigenvalue weighted by atomic mass is 10.4. The first-order valence-electron chi connectivity index (χ1n) is 4.08. The number of hydrogen-bond donors (Lipinski definition) is 1. The quantitative estimate of drug-likeness (QED) is 0.754. The van der Waals surface area contributed by atoms with E-state index in [2.05, 4.69) is 10.1 Å². The van der Waals surface area contributed by atoms with Gasteiger partial charge in [-0.1, -0.05) is 16.8 Å². The molecule has 0 spiro atoms. The summed E-state index contributed by atoms with van der Waals surface area (Å²) in [7, 11) is 0. The molecule has 0 unspecified atom stereocenters. The number of rotatable bonds is 2. The zero-order valence-electron chi connectivity index (χ0n) is 7.55. The first-order valence-corrected chi connectivity index (χ1v) is 4.46. The molecule has 2 heterocycles. The summed E-state index contributed by atoms with van der Waals surface area (Å²) in [5.74, 6) is 0.542. The van der Waals surface area contributed by atoms with Crippen molar-refractivity contribution in [1.29, 1.82) is 0 Å². The molecule has 7 heteroatoms. The summed E-state index contributed by atoms with van der Waals surface area (Å²) in [5.41, 5.74) is 4.97. The molecule has 78 valence electrons. The van der Waals surface area contributed by atoms with Gasteiger partial charge in [0.25, 0.3) is 5.56 Å². The van der Waals surface area contributed by atoms with Crippen LogP contribution in [0.3, 0.4) is 0 Å². The molecule has 2 aromatic rings. The van der Waals surface area contributed by atoms with Gasteiger partial charge in [0.2, 0.25) is 0 Å². The lowest BCUT2D eigenvalue weighted by Gasteiger charge is -2.03. The predicted octanol–water partition coefficient (Wildman–Crippen LogP) is 0.515. The maximum Gasteiger partial charge on any atom is 0.278 e. The number of anilines is 1. The summed E-state index contributed by atoms with van der Waals surface area (Å²) in [4.78, 5) is 15.3. The van der Waals surface area contributed by atoms with Crippen molar-refractivity contribution in [3.05, 3.63) is 39.9 Å². The second-order valence-electron chi connectivity index (χ2n) is 2.86. The van der Waals surface area contributed by atoms with Crippen LogP contribution in [-0.2, 0) is 6.54 Å². The summed E-state index contributed by atoms with van der Waals surface area (Å²) in [6.07, 6.45) is 2.80. The molecule has 0 saturated heterocycles. The molecule has 0 saturated carbocycles. The molecule has 15 heavy (non-hydrogen) atoms. The highest BCUT2D eigenvalue weighted by atomic mass is 35.5. The molecule has 0 radical (unpaired) electrons. The normalized spacial score (nSPS) is 10.5. The van der Waals surface area contributed by atoms with Gasteiger partial charge in [-0.15, -0.1) is 0 Å². The highest BCUT2D eigenvalue weighted by Gasteiger charge is 2.07. The van der Waals surface area contributed by atoms with Crippen LogP contribution in [0.1, 0.15) is 5.76 Å². The van der Waals surface area contributed by atoms with Crippen LogP contribution in [-0.4, -0.2) is 14.7 Å². The summed E-state index contributed by atoms with van der Waals surface area (Å²) >= 11 is 5.58. The van der Waals surface area contributed by atoms with Crippen molar-refractivity contribution < 1.29 is 4.52 Å². The van der Waals surface area contributed by atoms with E-state index in [4.69, 9.17) is 21.9 Å². The van der Waals surface area contributed by atoms with Crippen molar-refractivity contribution in [3.63, 3.8) is 0 Å². The fourth-order valence-corrected chi connectivity index (χ4v) is 1.21. The number of nitrogen functional groups attached to an aromatic ring is 1. The minimum absolute atomic E-state index is 0.00817. The van der Waals surface area contributed by atoms with E-state index in [1.165, 1.54) is 17.1 Å². The fraction of sp³-hybridized carbons (Fsp3) is 0.125. The standard InChI is InChI=1S/C8H7ClN4O2/c9-7-6(10)8(14)13(4-11-7)3-5-1-2-12-15-5/h1-2,4H,3,10H2. The number of halogens is 1. The lowest BCUT2D eigenvalue weighted by Crippen LogP contribution is -2.24. The molecule has 0 bridgehead atoms. The maximum atomic E-state index is 11.6. The van der Waals surface area contributed by atoms with Crippen LogP contribution in [0.2, 0.25) is 5.15 Å². The van der Waals surface area contributed by atoms with Crippen molar-refractivity contribution in [2.45, 2.75) is 6.54 Å². The number of aromatic nitrogens is 3. The van der Waals surface area contributed by atoms with Gasteiger partial charge < -0.3 is 10.3 Å². The van der Waals surface area contributed by atoms with Gasteiger partial charge in [0, 0.05) is 6.07 Å². The monoisotopic (exact) mass is 226 g/mol. The number of nitrogens with zero attached hydrogens (tertiary/aromatic N) is 3. The molecule has 0 aliphatic heterocycles. The van der Waals surface area contributed by atoms with Crippen molar-refractivity contribution >= 4 is 17.3 Å². The topological polar surface area (TPSA) is 86.9 Å². The Morgan fingerprint density at radius 2 is 2.40 bits per heavy atom. The number of nitrogens with two attached hydrogens (primary N) is 1. The average Bonchev–Trinajstić information content (AvgIpc) is 2.72. The lowest BCUT2D eigenvalue weighted by molar-refractivity contribution is 0.374. The van der Waals surface area contributed by atoms with Gasteiger partial charge in [0.15, 0.2) is 10.9 Å². The van der Waals surface area contributed by atoms with Gasteiger partial charge in [0.05, 0.1) is 19.1 Å². The van der Waals surface area contributed by atoms with Gasteiger partial charge in [-0.3, -0.25) is 9.36 Å². The Kier molecular flexibility index (Phi) is 2.42. The van der Waals surface area contributed by atoms with E-state index in [-0.39, 0.29) is 17.4 Å².